The number of hydrogen-bond donors (Lipinski definition) is 2. The number of halogens is 2. The van der Waals surface area contributed by atoms with Crippen LogP contribution in [0.15, 0.2) is 67.3 Å². The largest absolute Gasteiger partial charge is 0.354 e. The molecule has 5 nitrogen and oxygen atoms in total. The van der Waals surface area contributed by atoms with Gasteiger partial charge < -0.3 is 10.6 Å². The van der Waals surface area contributed by atoms with Crippen molar-refractivity contribution in [3.05, 3.63) is 94.0 Å². The van der Waals surface area contributed by atoms with Crippen molar-refractivity contribution >= 4 is 29.1 Å². The molecular formula is C22H22Cl2N4O. The summed E-state index contributed by atoms with van der Waals surface area (Å²) in [6.45, 7) is 1.11. The Hall–Kier alpha value is -2.47. The fourth-order valence-corrected chi connectivity index (χ4v) is 3.38. The van der Waals surface area contributed by atoms with Gasteiger partial charge in [-0.3, -0.25) is 14.8 Å². The quantitative estimate of drug-likeness (QED) is 0.539. The van der Waals surface area contributed by atoms with Gasteiger partial charge in [-0.1, -0.05) is 29.3 Å². The molecule has 0 saturated carbocycles. The summed E-state index contributed by atoms with van der Waals surface area (Å²) in [6.07, 6.45) is 8.50. The Bertz CT molecular complexity index is 923. The number of carbonyl (C=O) groups is 1. The fourth-order valence-electron chi connectivity index (χ4n) is 2.97. The van der Waals surface area contributed by atoms with Crippen molar-refractivity contribution in [3.8, 4) is 0 Å². The minimum atomic E-state index is -0.602. The third-order valence-electron chi connectivity index (χ3n) is 4.48. The number of nitrogens with one attached hydrogen (secondary N) is 2. The molecule has 0 spiro atoms. The summed E-state index contributed by atoms with van der Waals surface area (Å²) in [7, 11) is 0. The van der Waals surface area contributed by atoms with Gasteiger partial charge in [0.05, 0.1) is 0 Å². The van der Waals surface area contributed by atoms with Crippen LogP contribution in [0.1, 0.15) is 22.7 Å². The van der Waals surface area contributed by atoms with Gasteiger partial charge >= 0.3 is 0 Å². The lowest BCUT2D eigenvalue weighted by Crippen LogP contribution is -2.39. The van der Waals surface area contributed by atoms with Crippen molar-refractivity contribution < 1.29 is 4.79 Å². The molecule has 1 atom stereocenters. The van der Waals surface area contributed by atoms with E-state index in [0.717, 1.165) is 24.0 Å². The molecule has 2 heterocycles. The molecule has 0 bridgehead atoms. The molecule has 1 unspecified atom stereocenters. The van der Waals surface area contributed by atoms with E-state index in [1.165, 1.54) is 0 Å². The van der Waals surface area contributed by atoms with Crippen LogP contribution in [0, 0.1) is 0 Å². The topological polar surface area (TPSA) is 66.9 Å². The normalized spacial score (nSPS) is 11.8. The lowest BCUT2D eigenvalue weighted by Gasteiger charge is -2.20. The van der Waals surface area contributed by atoms with Crippen molar-refractivity contribution in [3.63, 3.8) is 0 Å². The van der Waals surface area contributed by atoms with Crippen molar-refractivity contribution in [2.24, 2.45) is 0 Å². The summed E-state index contributed by atoms with van der Waals surface area (Å²) in [6, 6.07) is 12.3. The van der Waals surface area contributed by atoms with Crippen LogP contribution in [0.4, 0.5) is 0 Å². The van der Waals surface area contributed by atoms with Gasteiger partial charge in [0.1, 0.15) is 6.04 Å². The standard InChI is InChI=1S/C22H22Cl2N4O/c23-18-3-4-20(24)19(14-18)21(27-12-8-17-2-1-9-26-15-17)22(29)28-13-7-16-5-10-25-11-6-16/h1-6,9-11,14-15,21,27H,7-8,12-13H2,(H,28,29). The molecule has 7 heteroatoms. The first kappa shape index (κ1) is 21.2. The summed E-state index contributed by atoms with van der Waals surface area (Å²) in [5.74, 6) is -0.144. The predicted molar refractivity (Wildman–Crippen MR) is 116 cm³/mol. The van der Waals surface area contributed by atoms with E-state index >= 15 is 0 Å². The van der Waals surface area contributed by atoms with Gasteiger partial charge in [0.15, 0.2) is 0 Å². The van der Waals surface area contributed by atoms with Crippen molar-refractivity contribution in [1.82, 2.24) is 20.6 Å². The predicted octanol–water partition coefficient (Wildman–Crippen LogP) is 4.02. The van der Waals surface area contributed by atoms with Gasteiger partial charge in [0, 0.05) is 47.9 Å². The van der Waals surface area contributed by atoms with E-state index < -0.39 is 6.04 Å². The zero-order valence-corrected chi connectivity index (χ0v) is 17.3. The van der Waals surface area contributed by atoms with E-state index in [9.17, 15) is 4.79 Å². The van der Waals surface area contributed by atoms with Crippen LogP contribution >= 0.6 is 23.2 Å². The van der Waals surface area contributed by atoms with Crippen LogP contribution in [0.5, 0.6) is 0 Å². The Labute approximate surface area is 180 Å². The Kier molecular flexibility index (Phi) is 7.99. The first-order valence-electron chi connectivity index (χ1n) is 9.37. The van der Waals surface area contributed by atoms with E-state index in [4.69, 9.17) is 23.2 Å². The zero-order chi connectivity index (χ0) is 20.5. The monoisotopic (exact) mass is 428 g/mol. The Morgan fingerprint density at radius 3 is 2.48 bits per heavy atom. The number of nitrogens with zero attached hydrogens (tertiary/aromatic N) is 2. The van der Waals surface area contributed by atoms with Gasteiger partial charge in [-0.05, 0) is 65.9 Å². The lowest BCUT2D eigenvalue weighted by atomic mass is 10.0. The number of benzene rings is 1. The second-order valence-corrected chi connectivity index (χ2v) is 7.40. The molecule has 1 amide bonds. The van der Waals surface area contributed by atoms with Crippen LogP contribution in [0.25, 0.3) is 0 Å². The van der Waals surface area contributed by atoms with Crippen LogP contribution in [-0.2, 0) is 17.6 Å². The molecule has 2 aromatic heterocycles. The summed E-state index contributed by atoms with van der Waals surface area (Å²) < 4.78 is 0. The highest BCUT2D eigenvalue weighted by Crippen LogP contribution is 2.26. The van der Waals surface area contributed by atoms with Gasteiger partial charge in [0.25, 0.3) is 0 Å². The van der Waals surface area contributed by atoms with E-state index in [2.05, 4.69) is 20.6 Å². The molecule has 29 heavy (non-hydrogen) atoms. The molecule has 0 aliphatic carbocycles. The van der Waals surface area contributed by atoms with Gasteiger partial charge in [-0.15, -0.1) is 0 Å². The van der Waals surface area contributed by atoms with Crippen LogP contribution in [-0.4, -0.2) is 29.0 Å². The number of pyridine rings is 2. The average molecular weight is 429 g/mol. The highest BCUT2D eigenvalue weighted by atomic mass is 35.5. The van der Waals surface area contributed by atoms with Gasteiger partial charge in [0.2, 0.25) is 5.91 Å². The SMILES string of the molecule is O=C(NCCc1ccncc1)C(NCCc1cccnc1)c1cc(Cl)ccc1Cl. The summed E-state index contributed by atoms with van der Waals surface area (Å²) in [5, 5.41) is 7.33. The third-order valence-corrected chi connectivity index (χ3v) is 5.06. The highest BCUT2D eigenvalue weighted by molar-refractivity contribution is 6.33. The maximum Gasteiger partial charge on any atom is 0.241 e. The molecule has 3 aromatic rings. The summed E-state index contributed by atoms with van der Waals surface area (Å²) in [4.78, 5) is 21.1. The molecule has 0 aliphatic heterocycles. The van der Waals surface area contributed by atoms with Gasteiger partial charge in [-0.25, -0.2) is 0 Å². The smallest absolute Gasteiger partial charge is 0.241 e. The molecule has 0 radical (unpaired) electrons. The molecule has 0 fully saturated rings. The fraction of sp³-hybridized carbons (Fsp3) is 0.227. The van der Waals surface area contributed by atoms with Crippen molar-refractivity contribution in [2.75, 3.05) is 13.1 Å². The Balaban J connectivity index is 1.66. The molecule has 0 aliphatic rings. The second kappa shape index (κ2) is 10.9. The van der Waals surface area contributed by atoms with Crippen LogP contribution in [0.2, 0.25) is 10.0 Å². The highest BCUT2D eigenvalue weighted by Gasteiger charge is 2.22. The first-order chi connectivity index (χ1) is 14.1. The lowest BCUT2D eigenvalue weighted by molar-refractivity contribution is -0.123. The van der Waals surface area contributed by atoms with E-state index in [-0.39, 0.29) is 5.91 Å². The van der Waals surface area contributed by atoms with Crippen molar-refractivity contribution in [2.45, 2.75) is 18.9 Å². The minimum absolute atomic E-state index is 0.144. The molecule has 150 valence electrons. The van der Waals surface area contributed by atoms with Gasteiger partial charge in [-0.2, -0.15) is 0 Å². The number of hydrogen-bond acceptors (Lipinski definition) is 4. The molecule has 3 rings (SSSR count). The second-order valence-electron chi connectivity index (χ2n) is 6.56. The Morgan fingerprint density at radius 2 is 1.72 bits per heavy atom. The molecular weight excluding hydrogens is 407 g/mol. The maximum absolute atomic E-state index is 12.9. The summed E-state index contributed by atoms with van der Waals surface area (Å²) >= 11 is 12.5. The molecule has 2 N–H and O–H groups in total. The Morgan fingerprint density at radius 1 is 0.931 bits per heavy atom. The zero-order valence-electron chi connectivity index (χ0n) is 15.8. The van der Waals surface area contributed by atoms with E-state index in [1.807, 2.05) is 30.5 Å². The molecule has 0 saturated heterocycles. The van der Waals surface area contributed by atoms with Crippen molar-refractivity contribution in [1.29, 1.82) is 0 Å². The maximum atomic E-state index is 12.9. The third kappa shape index (κ3) is 6.53. The number of aromatic nitrogens is 2. The van der Waals surface area contributed by atoms with Crippen LogP contribution < -0.4 is 10.6 Å². The number of carbonyl (C=O) groups excluding carboxylic acids is 1. The average Bonchev–Trinajstić information content (AvgIpc) is 2.75. The first-order valence-corrected chi connectivity index (χ1v) is 10.1. The molecule has 1 aromatic carbocycles. The van der Waals surface area contributed by atoms with E-state index in [1.54, 1.807) is 36.8 Å². The minimum Gasteiger partial charge on any atom is -0.354 e. The number of amides is 1. The summed E-state index contributed by atoms with van der Waals surface area (Å²) in [5.41, 5.74) is 2.86. The number of rotatable bonds is 9. The van der Waals surface area contributed by atoms with Crippen LogP contribution in [0.3, 0.4) is 0 Å². The van der Waals surface area contributed by atoms with E-state index in [0.29, 0.717) is 28.7 Å².